The summed E-state index contributed by atoms with van der Waals surface area (Å²) in [4.78, 5) is 0. The van der Waals surface area contributed by atoms with E-state index >= 15 is 0 Å². The molecule has 1 aliphatic rings. The first-order valence-corrected chi connectivity index (χ1v) is 7.00. The van der Waals surface area contributed by atoms with E-state index < -0.39 is 10.0 Å². The molecule has 0 aromatic carbocycles. The van der Waals surface area contributed by atoms with E-state index in [9.17, 15) is 8.42 Å². The van der Waals surface area contributed by atoms with Gasteiger partial charge in [0.2, 0.25) is 10.0 Å². The highest BCUT2D eigenvalue weighted by atomic mass is 32.2. The Morgan fingerprint density at radius 2 is 2.27 bits per heavy atom. The van der Waals surface area contributed by atoms with Crippen LogP contribution in [-0.4, -0.2) is 39.5 Å². The van der Waals surface area contributed by atoms with Crippen LogP contribution in [0.5, 0.6) is 0 Å². The summed E-state index contributed by atoms with van der Waals surface area (Å²) in [5, 5.41) is 0. The van der Waals surface area contributed by atoms with E-state index in [1.807, 2.05) is 0 Å². The van der Waals surface area contributed by atoms with E-state index in [0.717, 1.165) is 19.3 Å². The summed E-state index contributed by atoms with van der Waals surface area (Å²) in [5.74, 6) is 0.0529. The predicted molar refractivity (Wildman–Crippen MR) is 59.0 cm³/mol. The molecule has 1 saturated heterocycles. The molecule has 5 nitrogen and oxygen atoms in total. The number of nitrogens with one attached hydrogen (secondary N) is 1. The van der Waals surface area contributed by atoms with Crippen molar-refractivity contribution in [1.82, 2.24) is 4.72 Å². The van der Waals surface area contributed by atoms with Gasteiger partial charge in [0.05, 0.1) is 11.9 Å². The van der Waals surface area contributed by atoms with Gasteiger partial charge < -0.3 is 10.5 Å². The minimum Gasteiger partial charge on any atom is -0.377 e. The lowest BCUT2D eigenvalue weighted by Gasteiger charge is -2.23. The first-order chi connectivity index (χ1) is 7.03. The Hall–Kier alpha value is -0.170. The summed E-state index contributed by atoms with van der Waals surface area (Å²) in [6.07, 6.45) is 2.76. The molecule has 90 valence electrons. The van der Waals surface area contributed by atoms with Gasteiger partial charge in [-0.15, -0.1) is 0 Å². The first kappa shape index (κ1) is 12.9. The van der Waals surface area contributed by atoms with Gasteiger partial charge in [0.15, 0.2) is 0 Å². The van der Waals surface area contributed by atoms with Crippen LogP contribution in [0.2, 0.25) is 0 Å². The molecule has 15 heavy (non-hydrogen) atoms. The second kappa shape index (κ2) is 5.79. The molecule has 0 aromatic rings. The number of sulfonamides is 1. The lowest BCUT2D eigenvalue weighted by Crippen LogP contribution is -2.42. The summed E-state index contributed by atoms with van der Waals surface area (Å²) in [6, 6.07) is -0.210. The second-order valence-corrected chi connectivity index (χ2v) is 5.82. The fraction of sp³-hybridized carbons (Fsp3) is 1.00. The fourth-order valence-corrected chi connectivity index (χ4v) is 3.14. The molecule has 1 aliphatic heterocycles. The van der Waals surface area contributed by atoms with Gasteiger partial charge in [0, 0.05) is 19.2 Å². The van der Waals surface area contributed by atoms with Gasteiger partial charge in [-0.2, -0.15) is 0 Å². The molecular weight excluding hydrogens is 216 g/mol. The highest BCUT2D eigenvalue weighted by molar-refractivity contribution is 7.89. The highest BCUT2D eigenvalue weighted by Crippen LogP contribution is 2.14. The molecule has 0 aliphatic carbocycles. The van der Waals surface area contributed by atoms with Crippen LogP contribution in [0.4, 0.5) is 0 Å². The molecule has 1 heterocycles. The molecule has 1 unspecified atom stereocenters. The maximum absolute atomic E-state index is 11.6. The van der Waals surface area contributed by atoms with Crippen molar-refractivity contribution >= 4 is 10.0 Å². The normalized spacial score (nSPS) is 25.1. The van der Waals surface area contributed by atoms with Crippen LogP contribution in [0.25, 0.3) is 0 Å². The van der Waals surface area contributed by atoms with E-state index in [-0.39, 0.29) is 17.9 Å². The Bertz CT molecular complexity index is 273. The van der Waals surface area contributed by atoms with Crippen LogP contribution in [0.1, 0.15) is 26.2 Å². The van der Waals surface area contributed by atoms with Crippen molar-refractivity contribution < 1.29 is 13.2 Å². The number of nitrogens with two attached hydrogens (primary N) is 1. The molecule has 6 heteroatoms. The van der Waals surface area contributed by atoms with Crippen molar-refractivity contribution in [2.24, 2.45) is 5.73 Å². The van der Waals surface area contributed by atoms with Crippen molar-refractivity contribution in [3.8, 4) is 0 Å². The summed E-state index contributed by atoms with van der Waals surface area (Å²) < 4.78 is 31.1. The molecule has 0 bridgehead atoms. The second-order valence-electron chi connectivity index (χ2n) is 4.02. The van der Waals surface area contributed by atoms with Crippen LogP contribution in [0.3, 0.4) is 0 Å². The summed E-state index contributed by atoms with van der Waals surface area (Å²) in [6.45, 7) is 2.73. The van der Waals surface area contributed by atoms with Gasteiger partial charge in [-0.05, 0) is 26.2 Å². The van der Waals surface area contributed by atoms with Gasteiger partial charge in [-0.25, -0.2) is 13.1 Å². The molecule has 2 atom stereocenters. The Kier molecular flexibility index (Phi) is 4.98. The zero-order valence-electron chi connectivity index (χ0n) is 9.11. The minimum absolute atomic E-state index is 0.0529. The fourth-order valence-electron chi connectivity index (χ4n) is 1.59. The molecule has 0 aromatic heterocycles. The van der Waals surface area contributed by atoms with Gasteiger partial charge in [0.1, 0.15) is 0 Å². The largest absolute Gasteiger partial charge is 0.377 e. The van der Waals surface area contributed by atoms with Gasteiger partial charge in [0.25, 0.3) is 0 Å². The Morgan fingerprint density at radius 3 is 2.80 bits per heavy atom. The zero-order chi connectivity index (χ0) is 11.3. The molecular formula is C9H20N2O3S. The average Bonchev–Trinajstić information content (AvgIpc) is 2.17. The summed E-state index contributed by atoms with van der Waals surface area (Å²) in [7, 11) is -3.25. The zero-order valence-corrected chi connectivity index (χ0v) is 9.92. The minimum atomic E-state index is -3.25. The van der Waals surface area contributed by atoms with Crippen LogP contribution in [0, 0.1) is 0 Å². The third-order valence-electron chi connectivity index (χ3n) is 2.41. The van der Waals surface area contributed by atoms with E-state index in [4.69, 9.17) is 10.5 Å². The van der Waals surface area contributed by atoms with Gasteiger partial charge in [-0.3, -0.25) is 0 Å². The third-order valence-corrected chi connectivity index (χ3v) is 3.99. The lowest BCUT2D eigenvalue weighted by atomic mass is 10.1. The molecule has 0 spiro atoms. The van der Waals surface area contributed by atoms with E-state index in [1.54, 1.807) is 6.92 Å². The van der Waals surface area contributed by atoms with Crippen molar-refractivity contribution in [3.63, 3.8) is 0 Å². The SMILES string of the molecule is C[C@H](CN)NS(=O)(=O)CC1CCCCO1. The quantitative estimate of drug-likeness (QED) is 0.694. The average molecular weight is 236 g/mol. The predicted octanol–water partition coefficient (Wildman–Crippen LogP) is -0.178. The van der Waals surface area contributed by atoms with Crippen LogP contribution >= 0.6 is 0 Å². The number of rotatable bonds is 5. The smallest absolute Gasteiger partial charge is 0.214 e. The monoisotopic (exact) mass is 236 g/mol. The molecule has 1 fully saturated rings. The van der Waals surface area contributed by atoms with Crippen LogP contribution in [-0.2, 0) is 14.8 Å². The van der Waals surface area contributed by atoms with Gasteiger partial charge >= 0.3 is 0 Å². The van der Waals surface area contributed by atoms with Gasteiger partial charge in [-0.1, -0.05) is 0 Å². The van der Waals surface area contributed by atoms with Crippen LogP contribution in [0.15, 0.2) is 0 Å². The van der Waals surface area contributed by atoms with E-state index in [2.05, 4.69) is 4.72 Å². The molecule has 0 amide bonds. The number of ether oxygens (including phenoxy) is 1. The van der Waals surface area contributed by atoms with Crippen molar-refractivity contribution in [1.29, 1.82) is 0 Å². The van der Waals surface area contributed by atoms with Crippen molar-refractivity contribution in [3.05, 3.63) is 0 Å². The lowest BCUT2D eigenvalue weighted by molar-refractivity contribution is 0.0303. The Labute approximate surface area is 91.4 Å². The van der Waals surface area contributed by atoms with E-state index in [1.165, 1.54) is 0 Å². The maximum Gasteiger partial charge on any atom is 0.214 e. The van der Waals surface area contributed by atoms with Crippen LogP contribution < -0.4 is 10.5 Å². The molecule has 3 N–H and O–H groups in total. The molecule has 0 saturated carbocycles. The molecule has 1 rings (SSSR count). The Balaban J connectivity index is 2.40. The van der Waals surface area contributed by atoms with Crippen molar-refractivity contribution in [2.75, 3.05) is 18.9 Å². The molecule has 0 radical (unpaired) electrons. The maximum atomic E-state index is 11.6. The summed E-state index contributed by atoms with van der Waals surface area (Å²) in [5.41, 5.74) is 5.35. The topological polar surface area (TPSA) is 81.4 Å². The summed E-state index contributed by atoms with van der Waals surface area (Å²) >= 11 is 0. The third kappa shape index (κ3) is 4.92. The first-order valence-electron chi connectivity index (χ1n) is 5.35. The number of hydrogen-bond acceptors (Lipinski definition) is 4. The standard InChI is InChI=1S/C9H20N2O3S/c1-8(6-10)11-15(12,13)7-9-4-2-3-5-14-9/h8-9,11H,2-7,10H2,1H3/t8-,9?/m1/s1. The van der Waals surface area contributed by atoms with Crippen molar-refractivity contribution in [2.45, 2.75) is 38.3 Å². The van der Waals surface area contributed by atoms with E-state index in [0.29, 0.717) is 13.2 Å². The highest BCUT2D eigenvalue weighted by Gasteiger charge is 2.22. The Morgan fingerprint density at radius 1 is 1.53 bits per heavy atom. The number of hydrogen-bond donors (Lipinski definition) is 2.